The van der Waals surface area contributed by atoms with Crippen LogP contribution in [0.5, 0.6) is 0 Å². The molecule has 0 saturated heterocycles. The van der Waals surface area contributed by atoms with Gasteiger partial charge >= 0.3 is 0 Å². The second-order valence-electron chi connectivity index (χ2n) is 5.26. The number of aromatic nitrogens is 5. The van der Waals surface area contributed by atoms with Crippen LogP contribution in [-0.4, -0.2) is 30.6 Å². The Balaban J connectivity index is 1.75. The van der Waals surface area contributed by atoms with Gasteiger partial charge in [-0.15, -0.1) is 10.2 Å². The topological polar surface area (TPSA) is 119 Å². The van der Waals surface area contributed by atoms with Crippen molar-refractivity contribution in [2.75, 3.05) is 5.32 Å². The highest BCUT2D eigenvalue weighted by Gasteiger charge is 2.23. The van der Waals surface area contributed by atoms with Crippen molar-refractivity contribution >= 4 is 23.0 Å². The number of fused-ring (bicyclic) bond motifs is 1. The number of H-pyrrole nitrogens is 1. The number of hydrogen-bond acceptors (Lipinski definition) is 6. The lowest BCUT2D eigenvalue weighted by Crippen LogP contribution is -2.18. The van der Waals surface area contributed by atoms with Gasteiger partial charge in [-0.05, 0) is 19.1 Å². The van der Waals surface area contributed by atoms with Gasteiger partial charge in [0, 0.05) is 0 Å². The minimum atomic E-state index is -0.528. The van der Waals surface area contributed by atoms with Crippen molar-refractivity contribution in [1.82, 2.24) is 24.7 Å². The summed E-state index contributed by atoms with van der Waals surface area (Å²) in [5.41, 5.74) is 0.565. The van der Waals surface area contributed by atoms with E-state index in [2.05, 4.69) is 25.5 Å². The molecule has 3 aromatic heterocycles. The van der Waals surface area contributed by atoms with Crippen LogP contribution in [0.15, 0.2) is 52.2 Å². The molecule has 0 spiro atoms. The monoisotopic (exact) mass is 336 g/mol. The van der Waals surface area contributed by atoms with Gasteiger partial charge in [0.2, 0.25) is 11.7 Å². The van der Waals surface area contributed by atoms with Gasteiger partial charge in [0.05, 0.1) is 17.6 Å². The molecule has 0 unspecified atom stereocenters. The molecule has 4 aromatic rings. The van der Waals surface area contributed by atoms with Gasteiger partial charge in [-0.25, -0.2) is 4.98 Å². The Labute approximate surface area is 140 Å². The first-order valence-electron chi connectivity index (χ1n) is 7.38. The highest BCUT2D eigenvalue weighted by molar-refractivity contribution is 6.12. The number of benzene rings is 1. The number of hydrogen-bond donors (Lipinski definition) is 2. The molecule has 124 valence electrons. The molecule has 0 fully saturated rings. The summed E-state index contributed by atoms with van der Waals surface area (Å²) in [6.07, 6.45) is 2.71. The summed E-state index contributed by atoms with van der Waals surface area (Å²) < 4.78 is 7.02. The van der Waals surface area contributed by atoms with E-state index in [9.17, 15) is 9.59 Å². The van der Waals surface area contributed by atoms with Gasteiger partial charge < -0.3 is 9.40 Å². The smallest absolute Gasteiger partial charge is 0.262 e. The van der Waals surface area contributed by atoms with Gasteiger partial charge in [-0.1, -0.05) is 18.2 Å². The normalized spacial score (nSPS) is 10.9. The molecule has 0 aliphatic carbocycles. The third-order valence-corrected chi connectivity index (χ3v) is 3.70. The van der Waals surface area contributed by atoms with Crippen molar-refractivity contribution in [1.29, 1.82) is 0 Å². The first-order valence-corrected chi connectivity index (χ1v) is 7.38. The minimum absolute atomic E-state index is 0.100. The first kappa shape index (κ1) is 14.8. The molecule has 1 amide bonds. The molecular weight excluding hydrogens is 324 g/mol. The maximum atomic E-state index is 12.7. The van der Waals surface area contributed by atoms with Crippen LogP contribution in [0.1, 0.15) is 16.1 Å². The quantitative estimate of drug-likeness (QED) is 0.587. The molecule has 0 bridgehead atoms. The molecule has 9 heteroatoms. The van der Waals surface area contributed by atoms with Crippen LogP contribution in [0.25, 0.3) is 16.8 Å². The van der Waals surface area contributed by atoms with E-state index in [-0.39, 0.29) is 22.6 Å². The number of furan rings is 1. The van der Waals surface area contributed by atoms with Crippen LogP contribution < -0.4 is 10.9 Å². The molecule has 2 N–H and O–H groups in total. The Hall–Kier alpha value is -3.75. The molecule has 4 rings (SSSR count). The lowest BCUT2D eigenvalue weighted by atomic mass is 10.2. The number of carbonyl (C=O) groups excluding carboxylic acids is 1. The number of aromatic amines is 1. The highest BCUT2D eigenvalue weighted by Crippen LogP contribution is 2.22. The summed E-state index contributed by atoms with van der Waals surface area (Å²) in [5, 5.41) is 10.5. The summed E-state index contributed by atoms with van der Waals surface area (Å²) in [7, 11) is 0. The van der Waals surface area contributed by atoms with Crippen molar-refractivity contribution in [2.24, 2.45) is 0 Å². The van der Waals surface area contributed by atoms with E-state index in [0.717, 1.165) is 5.69 Å². The third-order valence-electron chi connectivity index (χ3n) is 3.70. The number of para-hydroxylation sites is 1. The van der Waals surface area contributed by atoms with E-state index < -0.39 is 11.5 Å². The van der Waals surface area contributed by atoms with Gasteiger partial charge in [0.1, 0.15) is 17.5 Å². The summed E-state index contributed by atoms with van der Waals surface area (Å²) in [5.74, 6) is -0.00678. The number of nitrogens with zero attached hydrogens (tertiary/aromatic N) is 4. The molecule has 3 heterocycles. The van der Waals surface area contributed by atoms with Crippen LogP contribution >= 0.6 is 0 Å². The molecule has 0 atom stereocenters. The number of anilines is 1. The zero-order valence-electron chi connectivity index (χ0n) is 13.1. The van der Waals surface area contributed by atoms with E-state index in [0.29, 0.717) is 5.76 Å². The average Bonchev–Trinajstić information content (AvgIpc) is 3.20. The average molecular weight is 336 g/mol. The number of carbonyl (C=O) groups is 1. The molecule has 0 aliphatic heterocycles. The van der Waals surface area contributed by atoms with Gasteiger partial charge in [0.15, 0.2) is 0 Å². The zero-order valence-corrected chi connectivity index (χ0v) is 13.1. The Morgan fingerprint density at radius 3 is 2.88 bits per heavy atom. The molecule has 0 radical (unpaired) electrons. The van der Waals surface area contributed by atoms with Crippen LogP contribution in [0, 0.1) is 6.92 Å². The third kappa shape index (κ3) is 2.47. The predicted octanol–water partition coefficient (Wildman–Crippen LogP) is 1.66. The van der Waals surface area contributed by atoms with E-state index >= 15 is 0 Å². The second kappa shape index (κ2) is 5.71. The highest BCUT2D eigenvalue weighted by atomic mass is 16.3. The fourth-order valence-electron chi connectivity index (χ4n) is 2.59. The zero-order chi connectivity index (χ0) is 17.4. The maximum Gasteiger partial charge on any atom is 0.262 e. The number of amides is 1. The molecule has 1 aromatic carbocycles. The van der Waals surface area contributed by atoms with Crippen molar-refractivity contribution in [3.05, 3.63) is 64.7 Å². The standard InChI is InChI=1S/C16H12N6O3/c1-9-11(12-13(23)17-7-18-15(12)25-9)14(24)20-16-21-19-8-22(16)10-5-3-2-4-6-10/h2-8H,1H3,(H,17,18,23)(H,20,21,24). The maximum absolute atomic E-state index is 12.7. The van der Waals surface area contributed by atoms with Crippen LogP contribution in [0.2, 0.25) is 0 Å². The molecule has 25 heavy (non-hydrogen) atoms. The lowest BCUT2D eigenvalue weighted by molar-refractivity contribution is 0.102. The largest absolute Gasteiger partial charge is 0.442 e. The molecule has 0 saturated carbocycles. The van der Waals surface area contributed by atoms with E-state index in [1.807, 2.05) is 30.3 Å². The number of nitrogens with one attached hydrogen (secondary N) is 2. The summed E-state index contributed by atoms with van der Waals surface area (Å²) in [6, 6.07) is 9.31. The Bertz CT molecular complexity index is 1130. The van der Waals surface area contributed by atoms with Gasteiger partial charge in [-0.3, -0.25) is 19.5 Å². The van der Waals surface area contributed by atoms with Crippen LogP contribution in [0.4, 0.5) is 5.95 Å². The van der Waals surface area contributed by atoms with Crippen molar-refractivity contribution < 1.29 is 9.21 Å². The van der Waals surface area contributed by atoms with Crippen molar-refractivity contribution in [3.8, 4) is 5.69 Å². The van der Waals surface area contributed by atoms with Gasteiger partial charge in [0.25, 0.3) is 11.5 Å². The van der Waals surface area contributed by atoms with Crippen LogP contribution in [-0.2, 0) is 0 Å². The van der Waals surface area contributed by atoms with E-state index in [1.165, 1.54) is 12.7 Å². The summed E-state index contributed by atoms with van der Waals surface area (Å²) >= 11 is 0. The SMILES string of the molecule is Cc1oc2nc[nH]c(=O)c2c1C(=O)Nc1nncn1-c1ccccc1. The molecular formula is C16H12N6O3. The van der Waals surface area contributed by atoms with E-state index in [1.54, 1.807) is 11.5 Å². The van der Waals surface area contributed by atoms with Crippen molar-refractivity contribution in [3.63, 3.8) is 0 Å². The number of rotatable bonds is 3. The second-order valence-corrected chi connectivity index (χ2v) is 5.26. The summed E-state index contributed by atoms with van der Waals surface area (Å²) in [4.78, 5) is 31.1. The minimum Gasteiger partial charge on any atom is -0.442 e. The van der Waals surface area contributed by atoms with E-state index in [4.69, 9.17) is 4.42 Å². The predicted molar refractivity (Wildman–Crippen MR) is 88.7 cm³/mol. The fourth-order valence-corrected chi connectivity index (χ4v) is 2.59. The lowest BCUT2D eigenvalue weighted by Gasteiger charge is -2.07. The first-order chi connectivity index (χ1) is 12.1. The Morgan fingerprint density at radius 2 is 2.08 bits per heavy atom. The van der Waals surface area contributed by atoms with Gasteiger partial charge in [-0.2, -0.15) is 0 Å². The molecule has 0 aliphatic rings. The van der Waals surface area contributed by atoms with Crippen LogP contribution in [0.3, 0.4) is 0 Å². The van der Waals surface area contributed by atoms with Crippen molar-refractivity contribution in [2.45, 2.75) is 6.92 Å². The Morgan fingerprint density at radius 1 is 1.28 bits per heavy atom. The fraction of sp³-hybridized carbons (Fsp3) is 0.0625. The Kier molecular flexibility index (Phi) is 3.38. The summed E-state index contributed by atoms with van der Waals surface area (Å²) in [6.45, 7) is 1.60. The molecule has 9 nitrogen and oxygen atoms in total. The number of aryl methyl sites for hydroxylation is 1.